The number of anilines is 2. The van der Waals surface area contributed by atoms with Gasteiger partial charge in [0.15, 0.2) is 0 Å². The number of benzene rings is 3. The largest absolute Gasteiger partial charge is 0.375 e. The van der Waals surface area contributed by atoms with Crippen molar-refractivity contribution < 1.29 is 14.5 Å². The zero-order valence-corrected chi connectivity index (χ0v) is 18.6. The maximum absolute atomic E-state index is 13.1. The molecule has 34 heavy (non-hydrogen) atoms. The average molecular weight is 459 g/mol. The molecule has 1 unspecified atom stereocenters. The molecule has 2 N–H and O–H groups in total. The minimum Gasteiger partial charge on any atom is -0.375 e. The highest BCUT2D eigenvalue weighted by Gasteiger charge is 2.30. The molecule has 3 aromatic rings. The van der Waals surface area contributed by atoms with Crippen molar-refractivity contribution in [3.05, 3.63) is 100 Å². The van der Waals surface area contributed by atoms with Crippen LogP contribution >= 0.6 is 0 Å². The molecule has 3 aromatic carbocycles. The molecule has 1 aliphatic rings. The highest BCUT2D eigenvalue weighted by Crippen LogP contribution is 2.28. The van der Waals surface area contributed by atoms with Crippen LogP contribution in [0.5, 0.6) is 0 Å². The molecule has 1 atom stereocenters. The first-order chi connectivity index (χ1) is 16.5. The van der Waals surface area contributed by atoms with Gasteiger partial charge in [0.1, 0.15) is 5.69 Å². The molecule has 0 saturated carbocycles. The van der Waals surface area contributed by atoms with E-state index in [9.17, 15) is 19.7 Å². The lowest BCUT2D eigenvalue weighted by atomic mass is 9.96. The molecular weight excluding hydrogens is 432 g/mol. The Morgan fingerprint density at radius 2 is 1.71 bits per heavy atom. The second-order valence-electron chi connectivity index (χ2n) is 8.27. The Morgan fingerprint density at radius 1 is 1.00 bits per heavy atom. The quantitative estimate of drug-likeness (QED) is 0.395. The lowest BCUT2D eigenvalue weighted by Gasteiger charge is -2.32. The van der Waals surface area contributed by atoms with Crippen LogP contribution in [0, 0.1) is 16.0 Å². The molecule has 8 heteroatoms. The number of nitrogens with one attached hydrogen (secondary N) is 2. The fraction of sp³-hybridized carbons (Fsp3) is 0.231. The van der Waals surface area contributed by atoms with E-state index in [0.717, 1.165) is 5.56 Å². The summed E-state index contributed by atoms with van der Waals surface area (Å²) in [4.78, 5) is 38.6. The lowest BCUT2D eigenvalue weighted by molar-refractivity contribution is -0.384. The second kappa shape index (κ2) is 10.6. The number of nitro groups is 1. The normalized spacial score (nSPS) is 15.4. The van der Waals surface area contributed by atoms with Gasteiger partial charge in [-0.15, -0.1) is 0 Å². The van der Waals surface area contributed by atoms with Crippen LogP contribution in [-0.2, 0) is 11.3 Å². The number of piperidine rings is 1. The van der Waals surface area contributed by atoms with Crippen LogP contribution in [0.15, 0.2) is 78.9 Å². The van der Waals surface area contributed by atoms with Gasteiger partial charge < -0.3 is 15.5 Å². The third kappa shape index (κ3) is 5.58. The standard InChI is InChI=1S/C26H26N4O4/c31-25(28-22-11-5-2-6-12-22)21-10-7-15-29(18-21)26(32)20-13-14-23(24(16-20)30(33)34)27-17-19-8-3-1-4-9-19/h1-6,8-9,11-14,16,21,27H,7,10,15,17-18H2,(H,28,31). The van der Waals surface area contributed by atoms with Crippen molar-refractivity contribution in [2.24, 2.45) is 5.92 Å². The summed E-state index contributed by atoms with van der Waals surface area (Å²) in [6.45, 7) is 1.22. The summed E-state index contributed by atoms with van der Waals surface area (Å²) >= 11 is 0. The molecular formula is C26H26N4O4. The third-order valence-corrected chi connectivity index (χ3v) is 5.89. The van der Waals surface area contributed by atoms with Crippen molar-refractivity contribution in [1.82, 2.24) is 4.90 Å². The van der Waals surface area contributed by atoms with E-state index in [1.807, 2.05) is 60.7 Å². The molecule has 2 amide bonds. The van der Waals surface area contributed by atoms with Crippen molar-refractivity contribution in [1.29, 1.82) is 0 Å². The number of hydrogen-bond acceptors (Lipinski definition) is 5. The van der Waals surface area contributed by atoms with E-state index in [1.54, 1.807) is 17.0 Å². The Morgan fingerprint density at radius 3 is 2.41 bits per heavy atom. The van der Waals surface area contributed by atoms with Gasteiger partial charge in [0.25, 0.3) is 11.6 Å². The molecule has 1 heterocycles. The predicted molar refractivity (Wildman–Crippen MR) is 131 cm³/mol. The second-order valence-corrected chi connectivity index (χ2v) is 8.27. The number of amides is 2. The summed E-state index contributed by atoms with van der Waals surface area (Å²) < 4.78 is 0. The van der Waals surface area contributed by atoms with Gasteiger partial charge in [0.2, 0.25) is 5.91 Å². The molecule has 1 saturated heterocycles. The molecule has 1 fully saturated rings. The summed E-state index contributed by atoms with van der Waals surface area (Å²) in [6.07, 6.45) is 1.38. The number of carbonyl (C=O) groups is 2. The van der Waals surface area contributed by atoms with E-state index in [4.69, 9.17) is 0 Å². The minimum atomic E-state index is -0.490. The maximum atomic E-state index is 13.1. The van der Waals surface area contributed by atoms with Crippen molar-refractivity contribution in [3.8, 4) is 0 Å². The van der Waals surface area contributed by atoms with Crippen molar-refractivity contribution in [3.63, 3.8) is 0 Å². The fourth-order valence-corrected chi connectivity index (χ4v) is 4.08. The topological polar surface area (TPSA) is 105 Å². The fourth-order valence-electron chi connectivity index (χ4n) is 4.08. The van der Waals surface area contributed by atoms with Gasteiger partial charge in [-0.05, 0) is 42.7 Å². The van der Waals surface area contributed by atoms with Gasteiger partial charge in [-0.3, -0.25) is 19.7 Å². The van der Waals surface area contributed by atoms with E-state index < -0.39 is 4.92 Å². The number of carbonyl (C=O) groups excluding carboxylic acids is 2. The molecule has 0 radical (unpaired) electrons. The molecule has 174 valence electrons. The van der Waals surface area contributed by atoms with Crippen molar-refractivity contribution in [2.45, 2.75) is 19.4 Å². The van der Waals surface area contributed by atoms with Crippen molar-refractivity contribution in [2.75, 3.05) is 23.7 Å². The number of likely N-dealkylation sites (tertiary alicyclic amines) is 1. The maximum Gasteiger partial charge on any atom is 0.293 e. The van der Waals surface area contributed by atoms with E-state index in [2.05, 4.69) is 10.6 Å². The zero-order valence-electron chi connectivity index (χ0n) is 18.6. The Bertz CT molecular complexity index is 1170. The molecule has 0 spiro atoms. The van der Waals surface area contributed by atoms with Crippen LogP contribution in [-0.4, -0.2) is 34.7 Å². The van der Waals surface area contributed by atoms with Crippen LogP contribution < -0.4 is 10.6 Å². The molecule has 1 aliphatic heterocycles. The lowest BCUT2D eigenvalue weighted by Crippen LogP contribution is -2.43. The summed E-state index contributed by atoms with van der Waals surface area (Å²) in [5, 5.41) is 17.7. The number of hydrogen-bond donors (Lipinski definition) is 2. The minimum absolute atomic E-state index is 0.129. The number of nitrogens with zero attached hydrogens (tertiary/aromatic N) is 2. The summed E-state index contributed by atoms with van der Waals surface area (Å²) in [5.74, 6) is -0.773. The van der Waals surface area contributed by atoms with Crippen LogP contribution in [0.25, 0.3) is 0 Å². The first-order valence-electron chi connectivity index (χ1n) is 11.2. The predicted octanol–water partition coefficient (Wildman–Crippen LogP) is 4.70. The Labute approximate surface area is 197 Å². The molecule has 0 aromatic heterocycles. The molecule has 4 rings (SSSR count). The first kappa shape index (κ1) is 23.0. The van der Waals surface area contributed by atoms with Gasteiger partial charge in [0, 0.05) is 37.0 Å². The van der Waals surface area contributed by atoms with Crippen LogP contribution in [0.2, 0.25) is 0 Å². The van der Waals surface area contributed by atoms with E-state index in [1.165, 1.54) is 6.07 Å². The van der Waals surface area contributed by atoms with Crippen LogP contribution in [0.3, 0.4) is 0 Å². The van der Waals surface area contributed by atoms with E-state index in [0.29, 0.717) is 37.3 Å². The SMILES string of the molecule is O=C(Nc1ccccc1)C1CCCN(C(=O)c2ccc(NCc3ccccc3)c([N+](=O)[O-])c2)C1. The number of para-hydroxylation sites is 1. The molecule has 0 bridgehead atoms. The average Bonchev–Trinajstić information content (AvgIpc) is 2.88. The van der Waals surface area contributed by atoms with Gasteiger partial charge in [-0.1, -0.05) is 48.5 Å². The van der Waals surface area contributed by atoms with Gasteiger partial charge in [-0.25, -0.2) is 0 Å². The van der Waals surface area contributed by atoms with Gasteiger partial charge in [0.05, 0.1) is 10.8 Å². The highest BCUT2D eigenvalue weighted by molar-refractivity contribution is 5.97. The van der Waals surface area contributed by atoms with Crippen molar-refractivity contribution >= 4 is 28.9 Å². The molecule has 0 aliphatic carbocycles. The summed E-state index contributed by atoms with van der Waals surface area (Å²) in [7, 11) is 0. The molecule has 8 nitrogen and oxygen atoms in total. The third-order valence-electron chi connectivity index (χ3n) is 5.89. The van der Waals surface area contributed by atoms with Crippen LogP contribution in [0.1, 0.15) is 28.8 Å². The Kier molecular flexibility index (Phi) is 7.17. The first-order valence-corrected chi connectivity index (χ1v) is 11.2. The number of rotatable bonds is 7. The zero-order chi connectivity index (χ0) is 23.9. The number of nitro benzene ring substituents is 1. The summed E-state index contributed by atoms with van der Waals surface area (Å²) in [6, 6.07) is 23.2. The summed E-state index contributed by atoms with van der Waals surface area (Å²) in [5.41, 5.74) is 2.14. The Hall–Kier alpha value is -4.20. The smallest absolute Gasteiger partial charge is 0.293 e. The highest BCUT2D eigenvalue weighted by atomic mass is 16.6. The van der Waals surface area contributed by atoms with Gasteiger partial charge >= 0.3 is 0 Å². The van der Waals surface area contributed by atoms with Crippen LogP contribution in [0.4, 0.5) is 17.1 Å². The monoisotopic (exact) mass is 458 g/mol. The van der Waals surface area contributed by atoms with E-state index in [-0.39, 0.29) is 35.5 Å². The Balaban J connectivity index is 1.44. The van der Waals surface area contributed by atoms with Gasteiger partial charge in [-0.2, -0.15) is 0 Å². The van der Waals surface area contributed by atoms with E-state index >= 15 is 0 Å².